The van der Waals surface area contributed by atoms with Crippen LogP contribution in [-0.4, -0.2) is 37.7 Å². The van der Waals surface area contributed by atoms with Crippen LogP contribution >= 0.6 is 11.6 Å². The van der Waals surface area contributed by atoms with Crippen molar-refractivity contribution in [1.82, 2.24) is 25.0 Å². The molecule has 0 fully saturated rings. The van der Waals surface area contributed by atoms with Crippen LogP contribution in [0.3, 0.4) is 0 Å². The number of H-pyrrole nitrogens is 1. The number of benzene rings is 2. The van der Waals surface area contributed by atoms with Gasteiger partial charge in [0.1, 0.15) is 0 Å². The van der Waals surface area contributed by atoms with Crippen LogP contribution in [0, 0.1) is 0 Å². The summed E-state index contributed by atoms with van der Waals surface area (Å²) in [6, 6.07) is 12.2. The SMILES string of the molecule is O=C(Nc1ccccc1Cl)c1nc2c(nnn2Cc2ccc3c(c2)OCO3)c(=O)[nH]1. The summed E-state index contributed by atoms with van der Waals surface area (Å²) in [6.07, 6.45) is 0. The van der Waals surface area contributed by atoms with Gasteiger partial charge in [-0.3, -0.25) is 9.59 Å². The maximum Gasteiger partial charge on any atom is 0.291 e. The average molecular weight is 425 g/mol. The number of nitrogens with zero attached hydrogens (tertiary/aromatic N) is 4. The molecule has 150 valence electrons. The van der Waals surface area contributed by atoms with E-state index >= 15 is 0 Å². The molecule has 2 N–H and O–H groups in total. The largest absolute Gasteiger partial charge is 0.454 e. The molecule has 0 saturated heterocycles. The standard InChI is InChI=1S/C19H13ClN6O4/c20-11-3-1-2-4-12(11)21-19(28)16-22-17-15(18(27)23-16)24-25-26(17)8-10-5-6-13-14(7-10)30-9-29-13/h1-7H,8-9H2,(H,21,28)(H,22,23,27). The van der Waals surface area contributed by atoms with Crippen LogP contribution in [-0.2, 0) is 6.54 Å². The summed E-state index contributed by atoms with van der Waals surface area (Å²) >= 11 is 6.07. The minimum Gasteiger partial charge on any atom is -0.454 e. The van der Waals surface area contributed by atoms with Gasteiger partial charge in [-0.1, -0.05) is 35.0 Å². The topological polar surface area (TPSA) is 124 Å². The lowest BCUT2D eigenvalue weighted by Gasteiger charge is -2.07. The molecule has 0 saturated carbocycles. The normalized spacial score (nSPS) is 12.3. The van der Waals surface area contributed by atoms with E-state index in [4.69, 9.17) is 21.1 Å². The van der Waals surface area contributed by atoms with Gasteiger partial charge in [0.2, 0.25) is 12.6 Å². The second kappa shape index (κ2) is 7.16. The van der Waals surface area contributed by atoms with Crippen LogP contribution in [0.4, 0.5) is 5.69 Å². The van der Waals surface area contributed by atoms with E-state index < -0.39 is 11.5 Å². The number of nitrogens with one attached hydrogen (secondary N) is 2. The van der Waals surface area contributed by atoms with Gasteiger partial charge in [-0.15, -0.1) is 5.10 Å². The van der Waals surface area contributed by atoms with Crippen LogP contribution < -0.4 is 20.3 Å². The molecule has 30 heavy (non-hydrogen) atoms. The maximum absolute atomic E-state index is 12.6. The molecule has 1 aliphatic rings. The molecule has 0 atom stereocenters. The number of amides is 1. The van der Waals surface area contributed by atoms with E-state index in [1.807, 2.05) is 12.1 Å². The molecule has 3 heterocycles. The summed E-state index contributed by atoms with van der Waals surface area (Å²) in [4.78, 5) is 31.7. The first-order chi connectivity index (χ1) is 14.6. The zero-order valence-corrected chi connectivity index (χ0v) is 16.0. The third-order valence-corrected chi connectivity index (χ3v) is 4.81. The Hall–Kier alpha value is -3.92. The Labute approximate surface area is 173 Å². The van der Waals surface area contributed by atoms with Gasteiger partial charge in [-0.05, 0) is 29.8 Å². The number of anilines is 1. The number of fused-ring (bicyclic) bond motifs is 2. The lowest BCUT2D eigenvalue weighted by molar-refractivity contribution is 0.101. The molecule has 0 bridgehead atoms. The summed E-state index contributed by atoms with van der Waals surface area (Å²) in [5.74, 6) is 0.498. The summed E-state index contributed by atoms with van der Waals surface area (Å²) in [7, 11) is 0. The molecule has 2 aromatic carbocycles. The Bertz CT molecular complexity index is 1350. The minimum absolute atomic E-state index is 0.0324. The molecular weight excluding hydrogens is 412 g/mol. The van der Waals surface area contributed by atoms with Gasteiger partial charge in [0, 0.05) is 0 Å². The fourth-order valence-electron chi connectivity index (χ4n) is 3.04. The molecule has 11 heteroatoms. The van der Waals surface area contributed by atoms with E-state index in [1.54, 1.807) is 30.3 Å². The Morgan fingerprint density at radius 1 is 1.20 bits per heavy atom. The molecule has 4 aromatic rings. The highest BCUT2D eigenvalue weighted by Crippen LogP contribution is 2.32. The number of hydrogen-bond acceptors (Lipinski definition) is 7. The predicted octanol–water partition coefficient (Wildman–Crippen LogP) is 2.20. The number of carbonyl (C=O) groups excluding carboxylic acids is 1. The fourth-order valence-corrected chi connectivity index (χ4v) is 3.22. The first-order valence-corrected chi connectivity index (χ1v) is 9.24. The lowest BCUT2D eigenvalue weighted by atomic mass is 10.2. The summed E-state index contributed by atoms with van der Waals surface area (Å²) in [5.41, 5.74) is 0.890. The Kier molecular flexibility index (Phi) is 4.32. The zero-order chi connectivity index (χ0) is 20.7. The smallest absolute Gasteiger partial charge is 0.291 e. The van der Waals surface area contributed by atoms with Crippen LogP contribution in [0.2, 0.25) is 5.02 Å². The molecule has 0 spiro atoms. The molecule has 0 radical (unpaired) electrons. The average Bonchev–Trinajstić information content (AvgIpc) is 3.37. The van der Waals surface area contributed by atoms with Crippen molar-refractivity contribution in [2.45, 2.75) is 6.54 Å². The second-order valence-electron chi connectivity index (χ2n) is 6.46. The number of hydrogen-bond donors (Lipinski definition) is 2. The summed E-state index contributed by atoms with van der Waals surface area (Å²) in [6.45, 7) is 0.445. The van der Waals surface area contributed by atoms with E-state index in [0.29, 0.717) is 22.2 Å². The first kappa shape index (κ1) is 18.1. The first-order valence-electron chi connectivity index (χ1n) is 8.86. The molecule has 0 unspecified atom stereocenters. The van der Waals surface area contributed by atoms with Gasteiger partial charge in [0.05, 0.1) is 17.3 Å². The molecule has 2 aromatic heterocycles. The number of aromatic amines is 1. The fraction of sp³-hybridized carbons (Fsp3) is 0.105. The summed E-state index contributed by atoms with van der Waals surface area (Å²) < 4.78 is 12.1. The molecule has 10 nitrogen and oxygen atoms in total. The van der Waals surface area contributed by atoms with Crippen LogP contribution in [0.15, 0.2) is 47.3 Å². The Morgan fingerprint density at radius 2 is 2.03 bits per heavy atom. The predicted molar refractivity (Wildman–Crippen MR) is 107 cm³/mol. The van der Waals surface area contributed by atoms with E-state index in [-0.39, 0.29) is 30.3 Å². The van der Waals surface area contributed by atoms with E-state index in [0.717, 1.165) is 5.56 Å². The highest BCUT2D eigenvalue weighted by Gasteiger charge is 2.18. The van der Waals surface area contributed by atoms with Gasteiger partial charge in [0.15, 0.2) is 22.7 Å². The van der Waals surface area contributed by atoms with Crippen molar-refractivity contribution in [1.29, 1.82) is 0 Å². The molecular formula is C19H13ClN6O4. The number of aromatic nitrogens is 5. The number of ether oxygens (including phenoxy) is 2. The number of para-hydroxylation sites is 1. The van der Waals surface area contributed by atoms with Crippen LogP contribution in [0.25, 0.3) is 11.2 Å². The second-order valence-corrected chi connectivity index (χ2v) is 6.86. The minimum atomic E-state index is -0.613. The Morgan fingerprint density at radius 3 is 2.90 bits per heavy atom. The molecule has 0 aliphatic carbocycles. The quantitative estimate of drug-likeness (QED) is 0.514. The summed E-state index contributed by atoms with van der Waals surface area (Å²) in [5, 5.41) is 10.9. The highest BCUT2D eigenvalue weighted by atomic mass is 35.5. The number of rotatable bonds is 4. The van der Waals surface area contributed by atoms with Gasteiger partial charge < -0.3 is 19.8 Å². The van der Waals surface area contributed by atoms with E-state index in [9.17, 15) is 9.59 Å². The van der Waals surface area contributed by atoms with Crippen molar-refractivity contribution in [2.24, 2.45) is 0 Å². The van der Waals surface area contributed by atoms with Crippen LogP contribution in [0.1, 0.15) is 16.2 Å². The van der Waals surface area contributed by atoms with Gasteiger partial charge in [-0.25, -0.2) is 9.67 Å². The maximum atomic E-state index is 12.6. The van der Waals surface area contributed by atoms with Crippen LogP contribution in [0.5, 0.6) is 11.5 Å². The highest BCUT2D eigenvalue weighted by molar-refractivity contribution is 6.33. The van der Waals surface area contributed by atoms with Crippen molar-refractivity contribution in [2.75, 3.05) is 12.1 Å². The molecule has 1 amide bonds. The van der Waals surface area contributed by atoms with Crippen molar-refractivity contribution in [3.63, 3.8) is 0 Å². The lowest BCUT2D eigenvalue weighted by Crippen LogP contribution is -2.22. The van der Waals surface area contributed by atoms with Crippen molar-refractivity contribution in [3.05, 3.63) is 69.2 Å². The zero-order valence-electron chi connectivity index (χ0n) is 15.3. The van der Waals surface area contributed by atoms with Crippen molar-refractivity contribution < 1.29 is 14.3 Å². The van der Waals surface area contributed by atoms with Crippen molar-refractivity contribution in [3.8, 4) is 11.5 Å². The van der Waals surface area contributed by atoms with Gasteiger partial charge in [-0.2, -0.15) is 0 Å². The molecule has 5 rings (SSSR count). The van der Waals surface area contributed by atoms with E-state index in [1.165, 1.54) is 4.68 Å². The Balaban J connectivity index is 1.48. The monoisotopic (exact) mass is 424 g/mol. The number of carbonyl (C=O) groups is 1. The third kappa shape index (κ3) is 3.22. The van der Waals surface area contributed by atoms with Gasteiger partial charge >= 0.3 is 0 Å². The van der Waals surface area contributed by atoms with E-state index in [2.05, 4.69) is 25.6 Å². The number of halogens is 1. The third-order valence-electron chi connectivity index (χ3n) is 4.48. The van der Waals surface area contributed by atoms with Crippen molar-refractivity contribution >= 4 is 34.4 Å². The molecule has 1 aliphatic heterocycles. The van der Waals surface area contributed by atoms with Gasteiger partial charge in [0.25, 0.3) is 11.5 Å².